The van der Waals surface area contributed by atoms with Crippen LogP contribution < -0.4 is 10.7 Å². The molecule has 14 heteroatoms. The highest BCUT2D eigenvalue weighted by Gasteiger charge is 2.57. The van der Waals surface area contributed by atoms with Gasteiger partial charge in [-0.2, -0.15) is 0 Å². The minimum Gasteiger partial charge on any atom is -0.464 e. The molecule has 1 spiro atoms. The molecule has 68 heavy (non-hydrogen) atoms. The number of carbonyl (C=O) groups excluding carboxylic acids is 3. The molecule has 3 aromatic heterocycles. The topological polar surface area (TPSA) is 147 Å². The van der Waals surface area contributed by atoms with E-state index in [1.807, 2.05) is 12.3 Å². The van der Waals surface area contributed by atoms with Gasteiger partial charge in [-0.05, 0) is 104 Å². The highest BCUT2D eigenvalue weighted by atomic mass is 16.5. The first-order chi connectivity index (χ1) is 32.6. The lowest BCUT2D eigenvalue weighted by Gasteiger charge is -2.54. The molecule has 7 heterocycles. The molecule has 3 aliphatic carbocycles. The second-order valence-electron chi connectivity index (χ2n) is 23.1. The molecule has 4 aliphatic heterocycles. The van der Waals surface area contributed by atoms with E-state index in [1.165, 1.54) is 25.7 Å². The molecule has 3 saturated heterocycles. The summed E-state index contributed by atoms with van der Waals surface area (Å²) in [6.07, 6.45) is 11.1. The van der Waals surface area contributed by atoms with Gasteiger partial charge in [0.05, 0.1) is 30.1 Å². The van der Waals surface area contributed by atoms with Crippen LogP contribution in [0.5, 0.6) is 0 Å². The second kappa shape index (κ2) is 17.3. The van der Waals surface area contributed by atoms with Crippen LogP contribution >= 0.6 is 0 Å². The van der Waals surface area contributed by atoms with Crippen molar-refractivity contribution in [3.8, 4) is 22.5 Å². The quantitative estimate of drug-likeness (QED) is 0.158. The summed E-state index contributed by atoms with van der Waals surface area (Å²) in [5.41, 5.74) is 9.86. The molecule has 3 saturated carbocycles. The molecule has 2 amide bonds. The number of nitrogens with one attached hydrogen (secondary N) is 2. The zero-order chi connectivity index (χ0) is 47.4. The summed E-state index contributed by atoms with van der Waals surface area (Å²) in [6.45, 7) is 19.3. The molecule has 14 nitrogen and oxygen atoms in total. The Balaban J connectivity index is 1.07. The number of nitrogens with zero attached hydrogens (tertiary/aromatic N) is 6. The lowest BCUT2D eigenvalue weighted by atomic mass is 9.71. The fourth-order valence-electron chi connectivity index (χ4n) is 13.3. The predicted molar refractivity (Wildman–Crippen MR) is 259 cm³/mol. The van der Waals surface area contributed by atoms with Crippen LogP contribution in [0.2, 0.25) is 0 Å². The van der Waals surface area contributed by atoms with E-state index in [9.17, 15) is 9.59 Å². The van der Waals surface area contributed by atoms with Crippen LogP contribution in [-0.2, 0) is 30.3 Å². The number of cyclic esters (lactones) is 1. The molecular weight excluding hydrogens is 857 g/mol. The van der Waals surface area contributed by atoms with E-state index in [0.717, 1.165) is 71.6 Å². The van der Waals surface area contributed by atoms with Gasteiger partial charge in [0.1, 0.15) is 30.1 Å². The van der Waals surface area contributed by atoms with Crippen LogP contribution in [0.1, 0.15) is 129 Å². The summed E-state index contributed by atoms with van der Waals surface area (Å²) in [6, 6.07) is 9.33. The van der Waals surface area contributed by atoms with Crippen LogP contribution in [-0.4, -0.2) is 112 Å². The number of carbonyl (C=O) groups is 3. The Hall–Kier alpha value is -4.63. The highest BCUT2D eigenvalue weighted by Crippen LogP contribution is 2.54. The van der Waals surface area contributed by atoms with E-state index in [0.29, 0.717) is 55.3 Å². The SMILES string of the molecule is CO[C@@H](C)c1ncccc1-c1c2c3cc(ccc3n1C1CN(C3CC3)C1)-c1coc(n1)[C@@H](N1CC3(CCCC3C)C1)[C@H](NC(=O)[C@@H]1[C@@H](C)[C@H]1C(C)C)C(=O)N1CCC[C@H](N1)C(=O)OCC(C)(C)C2. The number of pyridine rings is 1. The molecule has 6 fully saturated rings. The van der Waals surface area contributed by atoms with Gasteiger partial charge in [-0.3, -0.25) is 34.2 Å². The Kier molecular flexibility index (Phi) is 11.7. The Morgan fingerprint density at radius 2 is 1.79 bits per heavy atom. The Bertz CT molecular complexity index is 2590. The minimum atomic E-state index is -1.02. The number of hydrazine groups is 1. The zero-order valence-corrected chi connectivity index (χ0v) is 41.4. The van der Waals surface area contributed by atoms with Crippen LogP contribution in [0.25, 0.3) is 33.4 Å². The van der Waals surface area contributed by atoms with Crippen molar-refractivity contribution in [2.24, 2.45) is 40.4 Å². The first-order valence-electron chi connectivity index (χ1n) is 25.8. The summed E-state index contributed by atoms with van der Waals surface area (Å²) >= 11 is 0. The molecule has 364 valence electrons. The largest absolute Gasteiger partial charge is 0.464 e. The van der Waals surface area contributed by atoms with Gasteiger partial charge in [0, 0.05) is 85.4 Å². The van der Waals surface area contributed by atoms with Crippen molar-refractivity contribution in [1.29, 1.82) is 0 Å². The van der Waals surface area contributed by atoms with Gasteiger partial charge in [0.15, 0.2) is 0 Å². The van der Waals surface area contributed by atoms with Crippen LogP contribution in [0, 0.1) is 40.4 Å². The summed E-state index contributed by atoms with van der Waals surface area (Å²) in [5, 5.41) is 5.99. The fraction of sp³-hybridized carbons (Fsp3) is 0.648. The summed E-state index contributed by atoms with van der Waals surface area (Å²) < 4.78 is 21.4. The predicted octanol–water partition coefficient (Wildman–Crippen LogP) is 7.89. The molecule has 7 aliphatic rings. The third-order valence-corrected chi connectivity index (χ3v) is 17.5. The van der Waals surface area contributed by atoms with E-state index in [4.69, 9.17) is 23.9 Å². The average Bonchev–Trinajstić information content (AvgIpc) is 4.12. The number of likely N-dealkylation sites (tertiary alicyclic amines) is 2. The number of methoxy groups -OCH3 is 1. The first-order valence-corrected chi connectivity index (χ1v) is 25.8. The van der Waals surface area contributed by atoms with Crippen molar-refractivity contribution in [3.63, 3.8) is 0 Å². The van der Waals surface area contributed by atoms with Crippen molar-refractivity contribution in [1.82, 2.24) is 40.1 Å². The first kappa shape index (κ1) is 45.8. The van der Waals surface area contributed by atoms with Gasteiger partial charge >= 0.3 is 5.97 Å². The zero-order valence-electron chi connectivity index (χ0n) is 41.4. The molecule has 6 bridgehead atoms. The van der Waals surface area contributed by atoms with Gasteiger partial charge < -0.3 is 23.8 Å². The number of hydrogen-bond donors (Lipinski definition) is 2. The van der Waals surface area contributed by atoms with Crippen molar-refractivity contribution < 1.29 is 28.3 Å². The molecule has 1 aromatic carbocycles. The van der Waals surface area contributed by atoms with Crippen LogP contribution in [0.15, 0.2) is 47.2 Å². The number of benzene rings is 1. The molecule has 4 aromatic rings. The highest BCUT2D eigenvalue weighted by molar-refractivity contribution is 5.95. The Morgan fingerprint density at radius 3 is 2.50 bits per heavy atom. The molecule has 8 atom stereocenters. The number of oxazole rings is 1. The number of aromatic nitrogens is 3. The molecule has 2 N–H and O–H groups in total. The van der Waals surface area contributed by atoms with Crippen molar-refractivity contribution in [3.05, 3.63) is 59.9 Å². The molecule has 11 rings (SSSR count). The normalized spacial score (nSPS) is 30.2. The maximum Gasteiger partial charge on any atom is 0.324 e. The second-order valence-corrected chi connectivity index (χ2v) is 23.1. The minimum absolute atomic E-state index is 0.116. The van der Waals surface area contributed by atoms with E-state index >= 15 is 4.79 Å². The number of esters is 1. The van der Waals surface area contributed by atoms with E-state index in [-0.39, 0.29) is 59.7 Å². The van der Waals surface area contributed by atoms with E-state index in [2.05, 4.69) is 97.8 Å². The number of ether oxygens (including phenoxy) is 2. The molecule has 1 unspecified atom stereocenters. The third kappa shape index (κ3) is 7.98. The number of hydrogen-bond acceptors (Lipinski definition) is 11. The van der Waals surface area contributed by atoms with E-state index < -0.39 is 23.5 Å². The lowest BCUT2D eigenvalue weighted by Crippen LogP contribution is -2.66. The number of fused-ring (bicyclic) bond motifs is 6. The maximum atomic E-state index is 15.3. The van der Waals surface area contributed by atoms with Crippen LogP contribution in [0.3, 0.4) is 0 Å². The van der Waals surface area contributed by atoms with Gasteiger partial charge in [-0.15, -0.1) is 0 Å². The van der Waals surface area contributed by atoms with Crippen molar-refractivity contribution in [2.75, 3.05) is 46.4 Å². The molecule has 0 radical (unpaired) electrons. The Labute approximate surface area is 401 Å². The van der Waals surface area contributed by atoms with Gasteiger partial charge in [0.2, 0.25) is 11.8 Å². The van der Waals surface area contributed by atoms with Crippen LogP contribution in [0.4, 0.5) is 0 Å². The molecular formula is C54H72N8O6. The number of rotatable bonds is 9. The standard InChI is InChI=1S/C54H72N8O6/c1-30(2)43-32(4)44(43)49(63)57-46-48(60-27-54(28-60)19-9-12-31(54)3)50-56-41(26-67-50)34-15-18-42-38(22-34)39(23-53(6,7)29-68-52(65)40-14-11-21-61(58-40)51(46)64)47(37-13-10-20-55-45(37)33(5)66-8)62(42)36-24-59(25-36)35-16-17-35/h10,13,15,18,20,22,26,30-33,35-36,40,43-44,46,48,58H,9,11-12,14,16-17,19,21,23-25,27-29H2,1-8H3,(H,57,63)/t31?,32-,33-,40-,43+,44+,46-,48-/m0/s1. The van der Waals surface area contributed by atoms with Gasteiger partial charge in [-0.1, -0.05) is 60.5 Å². The van der Waals surface area contributed by atoms with Crippen molar-refractivity contribution >= 4 is 28.7 Å². The summed E-state index contributed by atoms with van der Waals surface area (Å²) in [7, 11) is 1.73. The fourth-order valence-corrected chi connectivity index (χ4v) is 13.3. The smallest absolute Gasteiger partial charge is 0.324 e. The van der Waals surface area contributed by atoms with E-state index in [1.54, 1.807) is 18.4 Å². The third-order valence-electron chi connectivity index (χ3n) is 17.5. The van der Waals surface area contributed by atoms with Gasteiger partial charge in [-0.25, -0.2) is 10.4 Å². The summed E-state index contributed by atoms with van der Waals surface area (Å²) in [5.74, 6) is 0.750. The number of amides is 2. The summed E-state index contributed by atoms with van der Waals surface area (Å²) in [4.78, 5) is 59.2. The Morgan fingerprint density at radius 1 is 1.00 bits per heavy atom. The monoisotopic (exact) mass is 929 g/mol. The average molecular weight is 929 g/mol. The maximum absolute atomic E-state index is 15.3. The lowest BCUT2D eigenvalue weighted by molar-refractivity contribution is -0.157. The van der Waals surface area contributed by atoms with Gasteiger partial charge in [0.25, 0.3) is 5.91 Å². The van der Waals surface area contributed by atoms with Crippen molar-refractivity contribution in [2.45, 2.75) is 136 Å².